The third-order valence-electron chi connectivity index (χ3n) is 2.71. The summed E-state index contributed by atoms with van der Waals surface area (Å²) in [6, 6.07) is 5.17. The predicted molar refractivity (Wildman–Crippen MR) is 83.6 cm³/mol. The Balaban J connectivity index is 2.12. The second-order valence-corrected chi connectivity index (χ2v) is 5.84. The highest BCUT2D eigenvalue weighted by Crippen LogP contribution is 2.19. The van der Waals surface area contributed by atoms with E-state index in [4.69, 9.17) is 16.1 Å². The molecule has 0 saturated heterocycles. The molecule has 1 aromatic heterocycles. The molecule has 0 N–H and O–H groups in total. The number of carbonyl (C=O) groups excluding carboxylic acids is 1. The number of hydrogen-bond acceptors (Lipinski definition) is 4. The Labute approximate surface area is 135 Å². The number of amides is 1. The van der Waals surface area contributed by atoms with Crippen molar-refractivity contribution in [2.75, 3.05) is 7.05 Å². The molecule has 0 unspecified atom stereocenters. The number of halogens is 2. The van der Waals surface area contributed by atoms with Gasteiger partial charge in [0.05, 0.1) is 12.1 Å². The Morgan fingerprint density at radius 1 is 1.50 bits per heavy atom. The summed E-state index contributed by atoms with van der Waals surface area (Å²) in [5, 5.41) is 4.42. The summed E-state index contributed by atoms with van der Waals surface area (Å²) in [5.41, 5.74) is 0.604. The number of rotatable bonds is 4. The summed E-state index contributed by atoms with van der Waals surface area (Å²) in [6.07, 6.45) is 0.705. The predicted octanol–water partition coefficient (Wildman–Crippen LogP) is 3.16. The number of aryl methyl sites for hydroxylation is 1. The van der Waals surface area contributed by atoms with E-state index in [-0.39, 0.29) is 12.5 Å². The average molecular weight is 406 g/mol. The van der Waals surface area contributed by atoms with E-state index in [0.29, 0.717) is 28.7 Å². The molecule has 5 nitrogen and oxygen atoms in total. The molecule has 2 aromatic rings. The normalized spacial score (nSPS) is 10.6. The summed E-state index contributed by atoms with van der Waals surface area (Å²) in [5.74, 6) is 0.964. The monoisotopic (exact) mass is 405 g/mol. The molecule has 0 saturated carbocycles. The van der Waals surface area contributed by atoms with Gasteiger partial charge in [0, 0.05) is 22.1 Å². The largest absolute Gasteiger partial charge is 0.337 e. The first kappa shape index (κ1) is 15.2. The van der Waals surface area contributed by atoms with Crippen LogP contribution in [0.5, 0.6) is 0 Å². The fraction of sp³-hybridized carbons (Fsp3) is 0.308. The second-order valence-electron chi connectivity index (χ2n) is 4.24. The highest BCUT2D eigenvalue weighted by atomic mass is 127. The van der Waals surface area contributed by atoms with Crippen LogP contribution in [-0.4, -0.2) is 28.0 Å². The van der Waals surface area contributed by atoms with Crippen molar-refractivity contribution in [3.63, 3.8) is 0 Å². The zero-order valence-corrected chi connectivity index (χ0v) is 14.0. The molecular formula is C13H13ClIN3O2. The zero-order chi connectivity index (χ0) is 14.7. The number of nitrogens with zero attached hydrogens (tertiary/aromatic N) is 3. The van der Waals surface area contributed by atoms with Crippen LogP contribution in [0.15, 0.2) is 22.7 Å². The Morgan fingerprint density at radius 3 is 2.85 bits per heavy atom. The van der Waals surface area contributed by atoms with Crippen LogP contribution in [-0.2, 0) is 13.0 Å². The van der Waals surface area contributed by atoms with E-state index in [1.165, 1.54) is 0 Å². The number of carbonyl (C=O) groups is 1. The molecule has 20 heavy (non-hydrogen) atoms. The van der Waals surface area contributed by atoms with Gasteiger partial charge in [-0.3, -0.25) is 4.79 Å². The van der Waals surface area contributed by atoms with Gasteiger partial charge < -0.3 is 9.42 Å². The van der Waals surface area contributed by atoms with Gasteiger partial charge in [0.1, 0.15) is 0 Å². The minimum Gasteiger partial charge on any atom is -0.337 e. The molecular weight excluding hydrogens is 393 g/mol. The fourth-order valence-electron chi connectivity index (χ4n) is 1.64. The molecule has 0 radical (unpaired) electrons. The second kappa shape index (κ2) is 6.53. The summed E-state index contributed by atoms with van der Waals surface area (Å²) in [7, 11) is 1.70. The molecule has 0 atom stereocenters. The van der Waals surface area contributed by atoms with Crippen molar-refractivity contribution in [2.24, 2.45) is 0 Å². The van der Waals surface area contributed by atoms with Gasteiger partial charge in [0.15, 0.2) is 5.82 Å². The molecule has 7 heteroatoms. The number of aromatic nitrogens is 2. The van der Waals surface area contributed by atoms with Crippen LogP contribution in [0.25, 0.3) is 0 Å². The van der Waals surface area contributed by atoms with Gasteiger partial charge in [0.2, 0.25) is 5.89 Å². The Kier molecular flexibility index (Phi) is 4.98. The van der Waals surface area contributed by atoms with Crippen molar-refractivity contribution in [1.82, 2.24) is 15.0 Å². The first-order valence-corrected chi connectivity index (χ1v) is 7.49. The van der Waals surface area contributed by atoms with Crippen LogP contribution in [0.3, 0.4) is 0 Å². The number of hydrogen-bond donors (Lipinski definition) is 0. The van der Waals surface area contributed by atoms with Gasteiger partial charge in [-0.2, -0.15) is 4.98 Å². The van der Waals surface area contributed by atoms with E-state index in [1.54, 1.807) is 30.1 Å². The van der Waals surface area contributed by atoms with Crippen molar-refractivity contribution in [2.45, 2.75) is 19.9 Å². The van der Waals surface area contributed by atoms with Gasteiger partial charge in [-0.15, -0.1) is 0 Å². The molecule has 0 aliphatic rings. The fourth-order valence-corrected chi connectivity index (χ4v) is 2.74. The molecule has 2 rings (SSSR count). The van der Waals surface area contributed by atoms with E-state index in [9.17, 15) is 4.79 Å². The van der Waals surface area contributed by atoms with Crippen LogP contribution in [0.4, 0.5) is 0 Å². The highest BCUT2D eigenvalue weighted by molar-refractivity contribution is 14.1. The standard InChI is InChI=1S/C13H13ClIN3O2/c1-3-11-16-12(20-17-11)7-18(2)13(19)9-5-4-8(14)6-10(9)15/h4-6H,3,7H2,1-2H3. The van der Waals surface area contributed by atoms with Crippen LogP contribution in [0.1, 0.15) is 29.0 Å². The Bertz CT molecular complexity index is 630. The molecule has 0 fully saturated rings. The zero-order valence-electron chi connectivity index (χ0n) is 11.1. The van der Waals surface area contributed by atoms with Crippen molar-refractivity contribution < 1.29 is 9.32 Å². The molecule has 1 amide bonds. The van der Waals surface area contributed by atoms with Crippen LogP contribution in [0, 0.1) is 3.57 Å². The average Bonchev–Trinajstić information content (AvgIpc) is 2.85. The van der Waals surface area contributed by atoms with E-state index in [0.717, 1.165) is 3.57 Å². The van der Waals surface area contributed by atoms with E-state index in [1.807, 2.05) is 6.92 Å². The molecule has 1 heterocycles. The third kappa shape index (κ3) is 3.49. The lowest BCUT2D eigenvalue weighted by Crippen LogP contribution is -2.27. The lowest BCUT2D eigenvalue weighted by molar-refractivity contribution is 0.0768. The Hall–Kier alpha value is -1.15. The van der Waals surface area contributed by atoms with Gasteiger partial charge in [0.25, 0.3) is 5.91 Å². The summed E-state index contributed by atoms with van der Waals surface area (Å²) in [6.45, 7) is 2.23. The molecule has 1 aromatic carbocycles. The maximum Gasteiger partial charge on any atom is 0.255 e. The lowest BCUT2D eigenvalue weighted by Gasteiger charge is -2.15. The van der Waals surface area contributed by atoms with Gasteiger partial charge in [-0.05, 0) is 40.8 Å². The molecule has 106 valence electrons. The van der Waals surface area contributed by atoms with Crippen molar-refractivity contribution in [3.05, 3.63) is 44.1 Å². The van der Waals surface area contributed by atoms with Crippen LogP contribution in [0.2, 0.25) is 5.02 Å². The van der Waals surface area contributed by atoms with Gasteiger partial charge >= 0.3 is 0 Å². The highest BCUT2D eigenvalue weighted by Gasteiger charge is 2.17. The van der Waals surface area contributed by atoms with E-state index < -0.39 is 0 Å². The Morgan fingerprint density at radius 2 is 2.25 bits per heavy atom. The summed E-state index contributed by atoms with van der Waals surface area (Å²) < 4.78 is 5.90. The van der Waals surface area contributed by atoms with E-state index >= 15 is 0 Å². The minimum atomic E-state index is -0.109. The molecule has 0 bridgehead atoms. The number of benzene rings is 1. The van der Waals surface area contributed by atoms with Crippen molar-refractivity contribution in [1.29, 1.82) is 0 Å². The lowest BCUT2D eigenvalue weighted by atomic mass is 10.2. The molecule has 0 aliphatic carbocycles. The topological polar surface area (TPSA) is 59.2 Å². The smallest absolute Gasteiger partial charge is 0.255 e. The first-order chi connectivity index (χ1) is 9.51. The molecule has 0 spiro atoms. The van der Waals surface area contributed by atoms with Crippen molar-refractivity contribution >= 4 is 40.1 Å². The maximum atomic E-state index is 12.3. The first-order valence-electron chi connectivity index (χ1n) is 6.03. The van der Waals surface area contributed by atoms with Crippen molar-refractivity contribution in [3.8, 4) is 0 Å². The van der Waals surface area contributed by atoms with Crippen LogP contribution >= 0.6 is 34.2 Å². The van der Waals surface area contributed by atoms with E-state index in [2.05, 4.69) is 32.7 Å². The minimum absolute atomic E-state index is 0.109. The summed E-state index contributed by atoms with van der Waals surface area (Å²) in [4.78, 5) is 18.1. The quantitative estimate of drug-likeness (QED) is 0.733. The third-order valence-corrected chi connectivity index (χ3v) is 3.83. The van der Waals surface area contributed by atoms with Gasteiger partial charge in [-0.25, -0.2) is 0 Å². The SMILES string of the molecule is CCc1noc(CN(C)C(=O)c2ccc(Cl)cc2I)n1. The maximum absolute atomic E-state index is 12.3. The molecule has 0 aliphatic heterocycles. The van der Waals surface area contributed by atoms with Crippen LogP contribution < -0.4 is 0 Å². The summed E-state index contributed by atoms with van der Waals surface area (Å²) >= 11 is 7.98. The van der Waals surface area contributed by atoms with Gasteiger partial charge in [-0.1, -0.05) is 23.7 Å².